The van der Waals surface area contributed by atoms with Gasteiger partial charge >= 0.3 is 0 Å². The largest absolute Gasteiger partial charge is 0.454 e. The summed E-state index contributed by atoms with van der Waals surface area (Å²) >= 11 is 5.64. The monoisotopic (exact) mass is 923 g/mol. The summed E-state index contributed by atoms with van der Waals surface area (Å²) in [6.07, 6.45) is 0. The highest BCUT2D eigenvalue weighted by atomic mass is 32.2. The van der Waals surface area contributed by atoms with Crippen LogP contribution in [0.1, 0.15) is 0 Å². The molecule has 7 heteroatoms. The van der Waals surface area contributed by atoms with Gasteiger partial charge in [0.1, 0.15) is 27.6 Å². The minimum absolute atomic E-state index is 0.905. The van der Waals surface area contributed by atoms with E-state index in [9.17, 15) is 0 Å². The number of fused-ring (bicyclic) bond motifs is 6. The SMILES string of the molecule is C[Si]1(C)c2ccccc2Sc2c(-c3ccc(N(c4ccc(-c5cccc6c5Oc5ccccc5S6)cc4)c4ccc(-c5cccc6c5Sc5ccccc5[Si]6(C)C)cc4)cc3)cccc21. The van der Waals surface area contributed by atoms with Crippen LogP contribution in [0, 0.1) is 0 Å². The van der Waals surface area contributed by atoms with Crippen molar-refractivity contribution in [3.05, 3.63) is 200 Å². The molecule has 0 aromatic heterocycles. The van der Waals surface area contributed by atoms with Crippen molar-refractivity contribution in [1.29, 1.82) is 0 Å². The van der Waals surface area contributed by atoms with E-state index in [4.69, 9.17) is 4.74 Å². The van der Waals surface area contributed by atoms with Crippen molar-refractivity contribution < 1.29 is 4.74 Å². The van der Waals surface area contributed by atoms with Crippen LogP contribution in [-0.2, 0) is 0 Å². The fourth-order valence-corrected chi connectivity index (χ4v) is 22.1. The highest BCUT2D eigenvalue weighted by Gasteiger charge is 2.37. The molecule has 0 fully saturated rings. The smallest absolute Gasteiger partial charge is 0.149 e. The van der Waals surface area contributed by atoms with E-state index in [0.717, 1.165) is 49.5 Å². The number of hydrogen-bond donors (Lipinski definition) is 0. The molecule has 314 valence electrons. The summed E-state index contributed by atoms with van der Waals surface area (Å²) in [5, 5.41) is 6.10. The third-order valence-electron chi connectivity index (χ3n) is 13.5. The summed E-state index contributed by atoms with van der Waals surface area (Å²) in [4.78, 5) is 10.3. The van der Waals surface area contributed by atoms with Gasteiger partial charge in [-0.1, -0.05) is 195 Å². The Morgan fingerprint density at radius 1 is 0.338 bits per heavy atom. The van der Waals surface area contributed by atoms with Gasteiger partial charge in [0.2, 0.25) is 0 Å². The van der Waals surface area contributed by atoms with Crippen molar-refractivity contribution in [3.63, 3.8) is 0 Å². The van der Waals surface area contributed by atoms with Crippen LogP contribution in [0.3, 0.4) is 0 Å². The zero-order valence-electron chi connectivity index (χ0n) is 36.6. The number of benzene rings is 9. The molecule has 0 saturated carbocycles. The summed E-state index contributed by atoms with van der Waals surface area (Å²) in [7, 11) is -3.73. The van der Waals surface area contributed by atoms with Gasteiger partial charge in [0.25, 0.3) is 0 Å². The van der Waals surface area contributed by atoms with Crippen LogP contribution < -0.4 is 30.4 Å². The lowest BCUT2D eigenvalue weighted by atomic mass is 10.0. The molecule has 3 heterocycles. The Morgan fingerprint density at radius 2 is 0.723 bits per heavy atom. The van der Waals surface area contributed by atoms with Gasteiger partial charge in [0, 0.05) is 42.2 Å². The average Bonchev–Trinajstić information content (AvgIpc) is 3.34. The van der Waals surface area contributed by atoms with E-state index in [1.54, 1.807) is 11.8 Å². The van der Waals surface area contributed by atoms with E-state index in [2.05, 4.69) is 225 Å². The normalized spacial score (nSPS) is 14.6. The van der Waals surface area contributed by atoms with Gasteiger partial charge in [-0.3, -0.25) is 0 Å². The van der Waals surface area contributed by atoms with E-state index < -0.39 is 16.1 Å². The molecule has 3 aliphatic heterocycles. The number of rotatable bonds is 6. The summed E-state index contributed by atoms with van der Waals surface area (Å²) < 4.78 is 6.57. The molecule has 0 saturated heterocycles. The number of para-hydroxylation sites is 2. The molecule has 3 aliphatic rings. The molecule has 12 rings (SSSR count). The minimum atomic E-state index is -1.86. The zero-order chi connectivity index (χ0) is 43.9. The van der Waals surface area contributed by atoms with Gasteiger partial charge in [0.05, 0.1) is 9.79 Å². The first-order valence-corrected chi connectivity index (χ1v) is 30.7. The Morgan fingerprint density at radius 3 is 1.23 bits per heavy atom. The predicted octanol–water partition coefficient (Wildman–Crippen LogP) is 15.0. The van der Waals surface area contributed by atoms with E-state index >= 15 is 0 Å². The van der Waals surface area contributed by atoms with Crippen molar-refractivity contribution in [3.8, 4) is 44.9 Å². The molecule has 2 nitrogen and oxygen atoms in total. The maximum absolute atomic E-state index is 6.57. The molecule has 0 aliphatic carbocycles. The summed E-state index contributed by atoms with van der Waals surface area (Å²) in [5.74, 6) is 1.82. The Labute approximate surface area is 396 Å². The molecule has 0 amide bonds. The molecule has 9 aromatic carbocycles. The Bertz CT molecular complexity index is 3180. The van der Waals surface area contributed by atoms with Crippen LogP contribution in [0.4, 0.5) is 17.1 Å². The third kappa shape index (κ3) is 6.86. The van der Waals surface area contributed by atoms with Crippen LogP contribution in [0.5, 0.6) is 11.5 Å². The van der Waals surface area contributed by atoms with Crippen molar-refractivity contribution in [2.24, 2.45) is 0 Å². The third-order valence-corrected chi connectivity index (χ3v) is 24.8. The molecule has 0 bridgehead atoms. The fourth-order valence-electron chi connectivity index (χ4n) is 9.98. The van der Waals surface area contributed by atoms with Crippen molar-refractivity contribution in [2.75, 3.05) is 4.90 Å². The molecule has 0 atom stereocenters. The van der Waals surface area contributed by atoms with Gasteiger partial charge in [-0.2, -0.15) is 0 Å². The lowest BCUT2D eigenvalue weighted by Gasteiger charge is -2.34. The maximum Gasteiger partial charge on any atom is 0.149 e. The topological polar surface area (TPSA) is 12.5 Å². The first-order valence-electron chi connectivity index (χ1n) is 22.2. The summed E-state index contributed by atoms with van der Waals surface area (Å²) in [5.41, 5.74) is 10.6. The van der Waals surface area contributed by atoms with E-state index in [0.29, 0.717) is 0 Å². The highest BCUT2D eigenvalue weighted by molar-refractivity contribution is 8.00. The van der Waals surface area contributed by atoms with Crippen molar-refractivity contribution >= 4 is 89.2 Å². The molecule has 0 unspecified atom stereocenters. The van der Waals surface area contributed by atoms with E-state index in [-0.39, 0.29) is 0 Å². The quantitative estimate of drug-likeness (QED) is 0.154. The van der Waals surface area contributed by atoms with Gasteiger partial charge in [-0.25, -0.2) is 0 Å². The number of ether oxygens (including phenoxy) is 1. The van der Waals surface area contributed by atoms with Crippen LogP contribution in [0.25, 0.3) is 33.4 Å². The van der Waals surface area contributed by atoms with Gasteiger partial charge < -0.3 is 9.64 Å². The number of anilines is 3. The van der Waals surface area contributed by atoms with Gasteiger partial charge in [0.15, 0.2) is 0 Å². The summed E-state index contributed by atoms with van der Waals surface area (Å²) in [6.45, 7) is 9.98. The second-order valence-corrected chi connectivity index (χ2v) is 29.9. The Kier molecular flexibility index (Phi) is 9.92. The summed E-state index contributed by atoms with van der Waals surface area (Å²) in [6, 6.07) is 74.1. The number of nitrogens with zero attached hydrogens (tertiary/aromatic N) is 1. The minimum Gasteiger partial charge on any atom is -0.454 e. The molecular weight excluding hydrogens is 879 g/mol. The van der Waals surface area contributed by atoms with Crippen molar-refractivity contribution in [2.45, 2.75) is 55.6 Å². The zero-order valence-corrected chi connectivity index (χ0v) is 41.1. The van der Waals surface area contributed by atoms with Gasteiger partial charge in [-0.05, 0) is 115 Å². The van der Waals surface area contributed by atoms with Gasteiger partial charge in [-0.15, -0.1) is 0 Å². The second-order valence-electron chi connectivity index (χ2n) is 18.1. The van der Waals surface area contributed by atoms with Crippen LogP contribution in [0.15, 0.2) is 230 Å². The van der Waals surface area contributed by atoms with Crippen LogP contribution in [0.2, 0.25) is 26.2 Å². The van der Waals surface area contributed by atoms with Crippen molar-refractivity contribution in [1.82, 2.24) is 0 Å². The predicted molar refractivity (Wildman–Crippen MR) is 283 cm³/mol. The second kappa shape index (κ2) is 15.9. The van der Waals surface area contributed by atoms with Crippen LogP contribution >= 0.6 is 35.3 Å². The molecule has 65 heavy (non-hydrogen) atoms. The molecular formula is C58H45NOS3Si2. The maximum atomic E-state index is 6.57. The molecule has 0 spiro atoms. The molecule has 0 N–H and O–H groups in total. The highest BCUT2D eigenvalue weighted by Crippen LogP contribution is 2.51. The molecule has 9 aromatic rings. The molecule has 0 radical (unpaired) electrons. The Hall–Kier alpha value is -5.94. The standard InChI is InChI=1S/C58H45NOS3Si2/c1-64(2)52-22-9-7-19-49(52)62-57-45(15-12-24-54(57)64)39-28-34-42(35-29-39)59(41-32-26-38(27-33-41)44-14-11-21-51-56(44)60-47-17-5-6-18-48(47)61-51)43-36-30-40(31-37-43)46-16-13-25-55-58(46)63-50-20-8-10-23-53(50)65(55,3)4/h5-37H,1-4H3. The number of hydrogen-bond acceptors (Lipinski definition) is 5. The first kappa shape index (κ1) is 40.6. The lowest BCUT2D eigenvalue weighted by Crippen LogP contribution is -2.56. The Balaban J connectivity index is 0.927. The first-order chi connectivity index (χ1) is 31.7. The van der Waals surface area contributed by atoms with E-state index in [1.165, 1.54) is 62.6 Å². The average molecular weight is 924 g/mol. The fraction of sp³-hybridized carbons (Fsp3) is 0.0690. The van der Waals surface area contributed by atoms with E-state index in [1.807, 2.05) is 29.6 Å². The lowest BCUT2D eigenvalue weighted by molar-refractivity contribution is 0.456. The van der Waals surface area contributed by atoms with Crippen LogP contribution in [-0.4, -0.2) is 16.1 Å².